The fraction of sp³-hybridized carbons (Fsp3) is 0.409. The van der Waals surface area contributed by atoms with Gasteiger partial charge < -0.3 is 15.0 Å². The normalized spacial score (nSPS) is 16.9. The number of aromatic nitrogens is 1. The highest BCUT2D eigenvalue weighted by Gasteiger charge is 2.32. The van der Waals surface area contributed by atoms with Crippen molar-refractivity contribution in [2.45, 2.75) is 45.3 Å². The average molecular weight is 409 g/mol. The number of thiophene rings is 1. The van der Waals surface area contributed by atoms with Crippen LogP contribution in [0.15, 0.2) is 29.6 Å². The summed E-state index contributed by atoms with van der Waals surface area (Å²) < 4.78 is 6.71. The van der Waals surface area contributed by atoms with Crippen LogP contribution in [0.25, 0.3) is 21.0 Å². The number of anilines is 1. The van der Waals surface area contributed by atoms with Gasteiger partial charge in [0.1, 0.15) is 11.4 Å². The summed E-state index contributed by atoms with van der Waals surface area (Å²) >= 11 is 1.67. The molecule has 1 fully saturated rings. The van der Waals surface area contributed by atoms with E-state index in [9.17, 15) is 10.1 Å². The summed E-state index contributed by atoms with van der Waals surface area (Å²) in [7, 11) is 0. The van der Waals surface area contributed by atoms with Gasteiger partial charge in [-0.3, -0.25) is 0 Å². The number of ether oxygens (including phenoxy) is 1. The van der Waals surface area contributed by atoms with E-state index in [1.165, 1.54) is 0 Å². The first-order chi connectivity index (χ1) is 13.9. The highest BCUT2D eigenvalue weighted by atomic mass is 32.1. The van der Waals surface area contributed by atoms with Crippen LogP contribution < -0.4 is 5.32 Å². The van der Waals surface area contributed by atoms with Crippen LogP contribution in [0.2, 0.25) is 0 Å². The monoisotopic (exact) mass is 408 g/mol. The molecular weight excluding hydrogens is 384 g/mol. The zero-order chi connectivity index (χ0) is 20.6. The van der Waals surface area contributed by atoms with Crippen LogP contribution in [0.5, 0.6) is 0 Å². The maximum atomic E-state index is 12.5. The van der Waals surface area contributed by atoms with Gasteiger partial charge >= 0.3 is 6.09 Å². The molecule has 1 atom stereocenters. The second-order valence-corrected chi connectivity index (χ2v) is 9.23. The Balaban J connectivity index is 1.58. The van der Waals surface area contributed by atoms with Crippen LogP contribution in [0.1, 0.15) is 39.2 Å². The first kappa shape index (κ1) is 19.5. The highest BCUT2D eigenvalue weighted by molar-refractivity contribution is 7.18. The molecule has 1 aromatic carbocycles. The Bertz CT molecular complexity index is 1110. The van der Waals surface area contributed by atoms with Crippen LogP contribution in [-0.4, -0.2) is 40.7 Å². The van der Waals surface area contributed by atoms with Gasteiger partial charge in [-0.1, -0.05) is 6.07 Å². The lowest BCUT2D eigenvalue weighted by Crippen LogP contribution is -2.42. The first-order valence-electron chi connectivity index (χ1n) is 9.80. The highest BCUT2D eigenvalue weighted by Crippen LogP contribution is 2.34. The van der Waals surface area contributed by atoms with E-state index in [2.05, 4.69) is 22.8 Å². The third kappa shape index (κ3) is 3.99. The van der Waals surface area contributed by atoms with Crippen molar-refractivity contribution < 1.29 is 9.53 Å². The Labute approximate surface area is 174 Å². The molecule has 3 heterocycles. The van der Waals surface area contributed by atoms with Gasteiger partial charge in [0.2, 0.25) is 0 Å². The predicted octanol–water partition coefficient (Wildman–Crippen LogP) is 5.13. The van der Waals surface area contributed by atoms with E-state index in [0.717, 1.165) is 39.6 Å². The van der Waals surface area contributed by atoms with E-state index in [1.54, 1.807) is 11.3 Å². The van der Waals surface area contributed by atoms with Crippen molar-refractivity contribution in [3.8, 4) is 6.07 Å². The number of carbonyl (C=O) groups excluding carboxylic acids is 1. The number of hydrogen-bond acceptors (Lipinski definition) is 6. The smallest absolute Gasteiger partial charge is 0.410 e. The number of hydrogen-bond donors (Lipinski definition) is 1. The number of nitrogens with one attached hydrogen (secondary N) is 1. The molecule has 0 spiro atoms. The van der Waals surface area contributed by atoms with Gasteiger partial charge in [0.25, 0.3) is 0 Å². The van der Waals surface area contributed by atoms with Gasteiger partial charge in [0.15, 0.2) is 0 Å². The Morgan fingerprint density at radius 2 is 2.21 bits per heavy atom. The van der Waals surface area contributed by atoms with Crippen LogP contribution in [0, 0.1) is 11.3 Å². The van der Waals surface area contributed by atoms with Gasteiger partial charge in [-0.2, -0.15) is 5.26 Å². The molecule has 1 saturated heterocycles. The third-order valence-corrected chi connectivity index (χ3v) is 5.98. The third-order valence-electron chi connectivity index (χ3n) is 5.03. The van der Waals surface area contributed by atoms with Crippen molar-refractivity contribution >= 4 is 44.2 Å². The average Bonchev–Trinajstić information content (AvgIpc) is 3.33. The number of benzene rings is 1. The summed E-state index contributed by atoms with van der Waals surface area (Å²) in [6, 6.07) is 9.92. The maximum Gasteiger partial charge on any atom is 0.410 e. The molecule has 1 N–H and O–H groups in total. The van der Waals surface area contributed by atoms with E-state index < -0.39 is 5.60 Å². The predicted molar refractivity (Wildman–Crippen MR) is 116 cm³/mol. The Kier molecular flexibility index (Phi) is 5.05. The molecule has 29 heavy (non-hydrogen) atoms. The van der Waals surface area contributed by atoms with Gasteiger partial charge in [0, 0.05) is 28.6 Å². The number of likely N-dealkylation sites (tertiary alicyclic amines) is 1. The molecule has 0 bridgehead atoms. The minimum Gasteiger partial charge on any atom is -0.444 e. The zero-order valence-corrected chi connectivity index (χ0v) is 17.7. The molecule has 0 saturated carbocycles. The van der Waals surface area contributed by atoms with Gasteiger partial charge in [-0.25, -0.2) is 9.78 Å². The summed E-state index contributed by atoms with van der Waals surface area (Å²) in [5.74, 6) is 0.792. The summed E-state index contributed by atoms with van der Waals surface area (Å²) in [6.07, 6.45) is 1.65. The maximum absolute atomic E-state index is 12.5. The van der Waals surface area contributed by atoms with Crippen LogP contribution in [0.4, 0.5) is 10.6 Å². The van der Waals surface area contributed by atoms with Crippen LogP contribution in [0.3, 0.4) is 0 Å². The molecule has 1 unspecified atom stereocenters. The van der Waals surface area contributed by atoms with Crippen molar-refractivity contribution in [1.29, 1.82) is 5.26 Å². The number of carbonyl (C=O) groups is 1. The number of nitrogens with zero attached hydrogens (tertiary/aromatic N) is 3. The second-order valence-electron chi connectivity index (χ2n) is 8.32. The van der Waals surface area contributed by atoms with Crippen molar-refractivity contribution in [3.63, 3.8) is 0 Å². The van der Waals surface area contributed by atoms with Gasteiger partial charge in [-0.05, 0) is 57.2 Å². The van der Waals surface area contributed by atoms with Gasteiger partial charge in [0.05, 0.1) is 23.2 Å². The van der Waals surface area contributed by atoms with Crippen molar-refractivity contribution in [1.82, 2.24) is 9.88 Å². The molecule has 0 aliphatic carbocycles. The molecular formula is C22H24N4O2S. The Hall–Kier alpha value is -2.85. The van der Waals surface area contributed by atoms with Crippen molar-refractivity contribution in [2.75, 3.05) is 18.4 Å². The summed E-state index contributed by atoms with van der Waals surface area (Å²) in [4.78, 5) is 19.1. The summed E-state index contributed by atoms with van der Waals surface area (Å²) in [5.41, 5.74) is 0.898. The minimum atomic E-state index is -0.501. The topological polar surface area (TPSA) is 78.2 Å². The van der Waals surface area contributed by atoms with Crippen LogP contribution >= 0.6 is 11.3 Å². The van der Waals surface area contributed by atoms with Gasteiger partial charge in [-0.15, -0.1) is 11.3 Å². The van der Waals surface area contributed by atoms with E-state index >= 15 is 0 Å². The molecule has 4 rings (SSSR count). The molecule has 6 nitrogen and oxygen atoms in total. The number of pyridine rings is 1. The van der Waals surface area contributed by atoms with E-state index in [1.807, 2.05) is 43.9 Å². The number of fused-ring (bicyclic) bond motifs is 3. The minimum absolute atomic E-state index is 0.0708. The lowest BCUT2D eigenvalue weighted by atomic mass is 10.1. The molecule has 1 aliphatic rings. The molecule has 150 valence electrons. The molecule has 7 heteroatoms. The number of amides is 1. The standard InChI is InChI=1S/C22H24N4O2S/c1-22(2,3)28-21(27)26-9-4-5-15(26)13-24-20-17-8-10-29-19(17)16-7-6-14(12-23)11-18(16)25-20/h6-8,10-11,15H,4-5,9,13H2,1-3H3,(H,24,25). The fourth-order valence-corrected chi connectivity index (χ4v) is 4.66. The number of rotatable bonds is 3. The van der Waals surface area contributed by atoms with Crippen molar-refractivity contribution in [3.05, 3.63) is 35.2 Å². The molecule has 3 aromatic rings. The van der Waals surface area contributed by atoms with E-state index in [0.29, 0.717) is 18.7 Å². The second kappa shape index (κ2) is 7.53. The summed E-state index contributed by atoms with van der Waals surface area (Å²) in [6.45, 7) is 6.98. The molecule has 1 amide bonds. The lowest BCUT2D eigenvalue weighted by Gasteiger charge is -2.28. The molecule has 0 radical (unpaired) electrons. The first-order valence-corrected chi connectivity index (χ1v) is 10.7. The molecule has 1 aliphatic heterocycles. The van der Waals surface area contributed by atoms with Crippen LogP contribution in [-0.2, 0) is 4.74 Å². The van der Waals surface area contributed by atoms with E-state index in [4.69, 9.17) is 9.72 Å². The Morgan fingerprint density at radius 3 is 2.97 bits per heavy atom. The molecule has 2 aromatic heterocycles. The fourth-order valence-electron chi connectivity index (χ4n) is 3.73. The SMILES string of the molecule is CC(C)(C)OC(=O)N1CCCC1CNc1nc2cc(C#N)ccc2c2sccc12. The van der Waals surface area contributed by atoms with E-state index in [-0.39, 0.29) is 12.1 Å². The largest absolute Gasteiger partial charge is 0.444 e. The van der Waals surface area contributed by atoms with Crippen molar-refractivity contribution in [2.24, 2.45) is 0 Å². The Morgan fingerprint density at radius 1 is 1.38 bits per heavy atom. The lowest BCUT2D eigenvalue weighted by molar-refractivity contribution is 0.0235. The zero-order valence-electron chi connectivity index (χ0n) is 16.9. The quantitative estimate of drug-likeness (QED) is 0.650. The summed E-state index contributed by atoms with van der Waals surface area (Å²) in [5, 5.41) is 16.8. The number of nitriles is 1.